The third-order valence-electron chi connectivity index (χ3n) is 3.88. The van der Waals surface area contributed by atoms with Gasteiger partial charge in [0.15, 0.2) is 4.77 Å². The van der Waals surface area contributed by atoms with Crippen molar-refractivity contribution in [3.8, 4) is 5.88 Å². The third-order valence-corrected chi connectivity index (χ3v) is 5.71. The second-order valence-electron chi connectivity index (χ2n) is 5.71. The van der Waals surface area contributed by atoms with E-state index in [4.69, 9.17) is 23.8 Å². The van der Waals surface area contributed by atoms with Crippen LogP contribution in [0.25, 0.3) is 0 Å². The number of rotatable bonds is 7. The lowest BCUT2D eigenvalue weighted by Gasteiger charge is -2.13. The van der Waals surface area contributed by atoms with Gasteiger partial charge in [0.05, 0.1) is 10.6 Å². The zero-order valence-electron chi connectivity index (χ0n) is 15.5. The highest BCUT2D eigenvalue weighted by atomic mass is 35.5. The molecule has 0 unspecified atom stereocenters. The lowest BCUT2D eigenvalue weighted by molar-refractivity contribution is -0.137. The summed E-state index contributed by atoms with van der Waals surface area (Å²) in [4.78, 5) is 20.3. The van der Waals surface area contributed by atoms with E-state index in [1.807, 2.05) is 0 Å². The average molecular weight is 467 g/mol. The van der Waals surface area contributed by atoms with E-state index in [2.05, 4.69) is 9.98 Å². The van der Waals surface area contributed by atoms with E-state index in [0.29, 0.717) is 18.8 Å². The molecule has 0 aliphatic rings. The number of thioether (sulfide) groups is 1. The van der Waals surface area contributed by atoms with Gasteiger partial charge in [-0.25, -0.2) is 4.98 Å². The molecule has 6 nitrogen and oxygen atoms in total. The molecule has 2 aromatic heterocycles. The van der Waals surface area contributed by atoms with Gasteiger partial charge in [-0.3, -0.25) is 18.9 Å². The molecule has 2 heterocycles. The van der Waals surface area contributed by atoms with Crippen molar-refractivity contribution in [2.24, 2.45) is 4.99 Å². The molecule has 1 N–H and O–H groups in total. The van der Waals surface area contributed by atoms with Gasteiger partial charge in [0, 0.05) is 37.8 Å². The number of halogens is 4. The Morgan fingerprint density at radius 2 is 2.00 bits per heavy atom. The predicted octanol–water partition coefficient (Wildman–Crippen LogP) is 4.40. The molecular formula is C17H18ClF3N4O2S2. The molecule has 0 bridgehead atoms. The lowest BCUT2D eigenvalue weighted by Crippen LogP contribution is -2.28. The van der Waals surface area contributed by atoms with Crippen LogP contribution in [0.3, 0.4) is 0 Å². The van der Waals surface area contributed by atoms with Crippen molar-refractivity contribution in [2.75, 3.05) is 12.3 Å². The normalized spacial score (nSPS) is 12.1. The van der Waals surface area contributed by atoms with Crippen LogP contribution in [0.4, 0.5) is 13.2 Å². The number of aromatic nitrogens is 3. The summed E-state index contributed by atoms with van der Waals surface area (Å²) < 4.78 is 40.9. The van der Waals surface area contributed by atoms with Crippen molar-refractivity contribution in [3.05, 3.63) is 43.5 Å². The molecule has 29 heavy (non-hydrogen) atoms. The summed E-state index contributed by atoms with van der Waals surface area (Å²) >= 11 is 12.2. The van der Waals surface area contributed by atoms with Crippen LogP contribution in [-0.2, 0) is 19.3 Å². The van der Waals surface area contributed by atoms with E-state index in [-0.39, 0.29) is 32.8 Å². The molecule has 0 saturated carbocycles. The van der Waals surface area contributed by atoms with Gasteiger partial charge in [0.2, 0.25) is 5.88 Å². The highest BCUT2D eigenvalue weighted by molar-refractivity contribution is 7.99. The first-order valence-electron chi connectivity index (χ1n) is 8.53. The van der Waals surface area contributed by atoms with Gasteiger partial charge in [-0.15, -0.1) is 11.8 Å². The summed E-state index contributed by atoms with van der Waals surface area (Å²) in [5, 5.41) is 10.5. The number of hydrogen-bond acceptors (Lipinski definition) is 6. The van der Waals surface area contributed by atoms with Crippen LogP contribution >= 0.6 is 35.6 Å². The largest absolute Gasteiger partial charge is 0.494 e. The first kappa shape index (κ1) is 23.4. The van der Waals surface area contributed by atoms with E-state index in [1.165, 1.54) is 15.3 Å². The van der Waals surface area contributed by atoms with Crippen LogP contribution in [0.5, 0.6) is 5.88 Å². The standard InChI is InChI=1S/C17H18ClF3N4O2S2/c1-3-24-14(26)11(15(27)25(4-2)16(24)28)9-22-5-6-29-13-12(18)7-10(8-23-13)17(19,20)21/h7-9,26H,3-6H2,1-2H3. The number of aromatic hydroxyl groups is 1. The Labute approximate surface area is 179 Å². The first-order chi connectivity index (χ1) is 13.6. The summed E-state index contributed by atoms with van der Waals surface area (Å²) in [7, 11) is 0. The molecule has 158 valence electrons. The fraction of sp³-hybridized carbons (Fsp3) is 0.412. The smallest absolute Gasteiger partial charge is 0.417 e. The SMILES string of the molecule is CCn1c(O)c(C=NCCSc2ncc(C(F)(F)F)cc2Cl)c(=O)n(CC)c1=S. The molecule has 0 radical (unpaired) electrons. The maximum Gasteiger partial charge on any atom is 0.417 e. The van der Waals surface area contributed by atoms with E-state index < -0.39 is 17.3 Å². The average Bonchev–Trinajstić information content (AvgIpc) is 2.64. The summed E-state index contributed by atoms with van der Waals surface area (Å²) in [5.74, 6) is 0.112. The van der Waals surface area contributed by atoms with Gasteiger partial charge in [-0.05, 0) is 32.1 Å². The number of aliphatic imine (C=N–C) groups is 1. The summed E-state index contributed by atoms with van der Waals surface area (Å²) in [5.41, 5.74) is -1.33. The van der Waals surface area contributed by atoms with Crippen molar-refractivity contribution in [2.45, 2.75) is 38.1 Å². The fourth-order valence-corrected chi connectivity index (χ4v) is 3.90. The Kier molecular flexibility index (Phi) is 7.89. The highest BCUT2D eigenvalue weighted by Gasteiger charge is 2.31. The molecule has 0 spiro atoms. The first-order valence-corrected chi connectivity index (χ1v) is 10.3. The Bertz CT molecular complexity index is 1040. The molecule has 0 fully saturated rings. The predicted molar refractivity (Wildman–Crippen MR) is 110 cm³/mol. The topological polar surface area (TPSA) is 72.4 Å². The van der Waals surface area contributed by atoms with Crippen molar-refractivity contribution in [1.29, 1.82) is 0 Å². The second-order valence-corrected chi connectivity index (χ2v) is 7.56. The van der Waals surface area contributed by atoms with Crippen LogP contribution in [-0.4, -0.2) is 37.7 Å². The van der Waals surface area contributed by atoms with Gasteiger partial charge < -0.3 is 5.11 Å². The van der Waals surface area contributed by atoms with Gasteiger partial charge in [0.25, 0.3) is 5.56 Å². The van der Waals surface area contributed by atoms with Crippen LogP contribution in [0.1, 0.15) is 25.0 Å². The van der Waals surface area contributed by atoms with E-state index in [1.54, 1.807) is 13.8 Å². The number of nitrogens with zero attached hydrogens (tertiary/aromatic N) is 4. The Hall–Kier alpha value is -1.85. The molecule has 2 aromatic rings. The Balaban J connectivity index is 2.10. The fourth-order valence-electron chi connectivity index (χ4n) is 2.42. The van der Waals surface area contributed by atoms with Gasteiger partial charge in [-0.1, -0.05) is 11.6 Å². The van der Waals surface area contributed by atoms with E-state index >= 15 is 0 Å². The minimum absolute atomic E-state index is 0.0259. The summed E-state index contributed by atoms with van der Waals surface area (Å²) in [6, 6.07) is 0.825. The molecule has 0 atom stereocenters. The maximum atomic E-state index is 12.6. The molecule has 0 aliphatic carbocycles. The number of pyridine rings is 1. The Morgan fingerprint density at radius 1 is 1.34 bits per heavy atom. The maximum absolute atomic E-state index is 12.6. The molecule has 0 aromatic carbocycles. The van der Waals surface area contributed by atoms with Crippen LogP contribution in [0.15, 0.2) is 27.1 Å². The Morgan fingerprint density at radius 3 is 2.55 bits per heavy atom. The third kappa shape index (κ3) is 5.40. The number of alkyl halides is 3. The van der Waals surface area contributed by atoms with Crippen LogP contribution in [0.2, 0.25) is 5.02 Å². The minimum atomic E-state index is -4.51. The zero-order valence-corrected chi connectivity index (χ0v) is 17.9. The molecule has 12 heteroatoms. The lowest BCUT2D eigenvalue weighted by atomic mass is 10.3. The van der Waals surface area contributed by atoms with Crippen molar-refractivity contribution in [3.63, 3.8) is 0 Å². The second kappa shape index (κ2) is 9.77. The molecule has 2 rings (SSSR count). The minimum Gasteiger partial charge on any atom is -0.494 e. The van der Waals surface area contributed by atoms with Crippen LogP contribution < -0.4 is 5.56 Å². The van der Waals surface area contributed by atoms with Crippen molar-refractivity contribution >= 4 is 41.8 Å². The van der Waals surface area contributed by atoms with Gasteiger partial charge >= 0.3 is 6.18 Å². The van der Waals surface area contributed by atoms with E-state index in [0.717, 1.165) is 24.0 Å². The molecular weight excluding hydrogens is 449 g/mol. The van der Waals surface area contributed by atoms with Crippen LogP contribution in [0, 0.1) is 4.77 Å². The van der Waals surface area contributed by atoms with E-state index in [9.17, 15) is 23.1 Å². The van der Waals surface area contributed by atoms with Crippen molar-refractivity contribution < 1.29 is 18.3 Å². The van der Waals surface area contributed by atoms with Gasteiger partial charge in [0.1, 0.15) is 10.6 Å². The molecule has 0 amide bonds. The number of hydrogen-bond donors (Lipinski definition) is 1. The zero-order chi connectivity index (χ0) is 21.8. The quantitative estimate of drug-likeness (QED) is 0.283. The highest BCUT2D eigenvalue weighted by Crippen LogP contribution is 2.33. The molecule has 0 aliphatic heterocycles. The summed E-state index contributed by atoms with van der Waals surface area (Å²) in [6.45, 7) is 4.54. The van der Waals surface area contributed by atoms with Crippen molar-refractivity contribution in [1.82, 2.24) is 14.1 Å². The monoisotopic (exact) mass is 466 g/mol. The molecule has 0 saturated heterocycles. The summed E-state index contributed by atoms with van der Waals surface area (Å²) in [6.07, 6.45) is -2.51. The van der Waals surface area contributed by atoms with Gasteiger partial charge in [-0.2, -0.15) is 13.2 Å².